The zero-order chi connectivity index (χ0) is 26.3. The molecule has 4 rings (SSSR count). The molecule has 1 aliphatic carbocycles. The van der Waals surface area contributed by atoms with Gasteiger partial charge >= 0.3 is 6.36 Å². The van der Waals surface area contributed by atoms with Crippen molar-refractivity contribution in [3.8, 4) is 5.75 Å². The number of aromatic nitrogens is 2. The van der Waals surface area contributed by atoms with Crippen LogP contribution in [0.5, 0.6) is 5.75 Å². The van der Waals surface area contributed by atoms with Crippen LogP contribution in [0.2, 0.25) is 0 Å². The Labute approximate surface area is 207 Å². The maximum atomic E-state index is 15.2. The zero-order valence-electron chi connectivity index (χ0n) is 20.7. The van der Waals surface area contributed by atoms with Crippen molar-refractivity contribution in [1.82, 2.24) is 9.55 Å². The largest absolute Gasteiger partial charge is 0.573 e. The summed E-state index contributed by atoms with van der Waals surface area (Å²) in [6, 6.07) is 8.56. The van der Waals surface area contributed by atoms with Gasteiger partial charge in [-0.2, -0.15) is 4.91 Å². The first-order valence-corrected chi connectivity index (χ1v) is 12.0. The predicted molar refractivity (Wildman–Crippen MR) is 131 cm³/mol. The van der Waals surface area contributed by atoms with Crippen LogP contribution in [0.3, 0.4) is 0 Å². The van der Waals surface area contributed by atoms with Gasteiger partial charge < -0.3 is 14.6 Å². The van der Waals surface area contributed by atoms with Gasteiger partial charge in [0.1, 0.15) is 17.1 Å². The van der Waals surface area contributed by atoms with E-state index in [1.165, 1.54) is 30.3 Å². The number of hydrogen-bond donors (Lipinski definition) is 1. The molecule has 0 bridgehead atoms. The molecule has 10 heteroatoms. The summed E-state index contributed by atoms with van der Waals surface area (Å²) >= 11 is 0. The highest BCUT2D eigenvalue weighted by molar-refractivity contribution is 5.81. The molecule has 1 aliphatic rings. The minimum Gasteiger partial charge on any atom is -0.406 e. The van der Waals surface area contributed by atoms with Crippen molar-refractivity contribution in [2.45, 2.75) is 71.3 Å². The van der Waals surface area contributed by atoms with Crippen LogP contribution in [-0.2, 0) is 6.42 Å². The minimum absolute atomic E-state index is 0.0717. The van der Waals surface area contributed by atoms with E-state index in [4.69, 9.17) is 4.98 Å². The van der Waals surface area contributed by atoms with E-state index in [1.54, 1.807) is 19.9 Å². The van der Waals surface area contributed by atoms with Gasteiger partial charge in [0.15, 0.2) is 0 Å². The lowest BCUT2D eigenvalue weighted by atomic mass is 9.80. The number of alkyl halides is 3. The fourth-order valence-corrected chi connectivity index (χ4v) is 5.24. The average Bonchev–Trinajstić information content (AvgIpc) is 3.10. The van der Waals surface area contributed by atoms with Crippen molar-refractivity contribution < 1.29 is 22.3 Å². The van der Waals surface area contributed by atoms with Crippen molar-refractivity contribution in [2.24, 2.45) is 17.0 Å². The van der Waals surface area contributed by atoms with Gasteiger partial charge in [0, 0.05) is 24.2 Å². The maximum Gasteiger partial charge on any atom is 0.573 e. The van der Waals surface area contributed by atoms with Gasteiger partial charge in [0.05, 0.1) is 11.0 Å². The molecule has 36 heavy (non-hydrogen) atoms. The SMILES string of the molecule is CC1CC(C)CC(n2c(Nc3ccc(OC(F)(F)F)cc3)nc3cc(CC(C)(C)N=O)c(F)cc32)C1. The van der Waals surface area contributed by atoms with E-state index in [0.29, 0.717) is 40.1 Å². The number of hydrogen-bond acceptors (Lipinski definition) is 5. The Balaban J connectivity index is 1.75. The van der Waals surface area contributed by atoms with Crippen molar-refractivity contribution in [3.63, 3.8) is 0 Å². The summed E-state index contributed by atoms with van der Waals surface area (Å²) < 4.78 is 58.7. The minimum atomic E-state index is -4.77. The highest BCUT2D eigenvalue weighted by Crippen LogP contribution is 2.40. The summed E-state index contributed by atoms with van der Waals surface area (Å²) in [6.45, 7) is 7.68. The van der Waals surface area contributed by atoms with E-state index in [1.807, 2.05) is 4.57 Å². The third-order valence-corrected chi connectivity index (χ3v) is 6.59. The Morgan fingerprint density at radius 2 is 1.72 bits per heavy atom. The molecular weight excluding hydrogens is 476 g/mol. The second-order valence-corrected chi connectivity index (χ2v) is 10.6. The molecule has 1 fully saturated rings. The third-order valence-electron chi connectivity index (χ3n) is 6.59. The topological polar surface area (TPSA) is 68.5 Å². The van der Waals surface area contributed by atoms with E-state index in [-0.39, 0.29) is 18.2 Å². The summed E-state index contributed by atoms with van der Waals surface area (Å²) in [6.07, 6.45) is -1.74. The smallest absolute Gasteiger partial charge is 0.406 e. The van der Waals surface area contributed by atoms with Crippen LogP contribution in [0.4, 0.5) is 29.2 Å². The predicted octanol–water partition coefficient (Wildman–Crippen LogP) is 7.90. The Kier molecular flexibility index (Phi) is 6.99. The molecule has 2 atom stereocenters. The highest BCUT2D eigenvalue weighted by atomic mass is 19.4. The summed E-state index contributed by atoms with van der Waals surface area (Å²) in [5.41, 5.74) is 1.09. The van der Waals surface area contributed by atoms with Crippen LogP contribution in [0.25, 0.3) is 11.0 Å². The fourth-order valence-electron chi connectivity index (χ4n) is 5.24. The van der Waals surface area contributed by atoms with Crippen LogP contribution in [0.1, 0.15) is 58.6 Å². The number of imidazole rings is 1. The maximum absolute atomic E-state index is 15.2. The quantitative estimate of drug-likeness (QED) is 0.261. The first-order valence-electron chi connectivity index (χ1n) is 12.0. The van der Waals surface area contributed by atoms with Crippen LogP contribution >= 0.6 is 0 Å². The molecule has 6 nitrogen and oxygen atoms in total. The standard InChI is InChI=1S/C26H30F4N4O2/c1-15-9-16(2)11-19(10-15)34-23-13-21(27)17(14-25(3,4)33-35)12-22(23)32-24(34)31-18-5-7-20(8-6-18)36-26(28,29)30/h5-8,12-13,15-16,19H,9-11,14H2,1-4H3,(H,31,32). The van der Waals surface area contributed by atoms with Crippen molar-refractivity contribution in [3.05, 3.63) is 52.7 Å². The molecule has 0 amide bonds. The van der Waals surface area contributed by atoms with Gasteiger partial charge in [-0.15, -0.1) is 13.2 Å². The zero-order valence-corrected chi connectivity index (χ0v) is 20.7. The first kappa shape index (κ1) is 25.9. The molecule has 1 heterocycles. The monoisotopic (exact) mass is 506 g/mol. The Hall–Kier alpha value is -3.17. The lowest BCUT2D eigenvalue weighted by Crippen LogP contribution is -2.23. The Morgan fingerprint density at radius 1 is 1.08 bits per heavy atom. The van der Waals surface area contributed by atoms with E-state index < -0.39 is 17.7 Å². The Morgan fingerprint density at radius 3 is 2.31 bits per heavy atom. The number of nitrogens with one attached hydrogen (secondary N) is 1. The lowest BCUT2D eigenvalue weighted by molar-refractivity contribution is -0.274. The van der Waals surface area contributed by atoms with E-state index in [2.05, 4.69) is 29.1 Å². The van der Waals surface area contributed by atoms with Crippen LogP contribution in [0.15, 0.2) is 41.6 Å². The van der Waals surface area contributed by atoms with Crippen molar-refractivity contribution >= 4 is 22.7 Å². The van der Waals surface area contributed by atoms with Gasteiger partial charge in [-0.3, -0.25) is 0 Å². The number of fused-ring (bicyclic) bond motifs is 1. The number of nitroso groups, excluding NO2 is 1. The number of benzene rings is 2. The van der Waals surface area contributed by atoms with E-state index in [9.17, 15) is 18.1 Å². The highest BCUT2D eigenvalue weighted by Gasteiger charge is 2.31. The van der Waals surface area contributed by atoms with Gasteiger partial charge in [-0.05, 0) is 80.8 Å². The number of rotatable bonds is 7. The molecule has 2 aromatic carbocycles. The molecule has 1 N–H and O–H groups in total. The molecule has 194 valence electrons. The Bertz CT molecular complexity index is 1230. The first-order chi connectivity index (χ1) is 16.8. The van der Waals surface area contributed by atoms with Crippen LogP contribution in [-0.4, -0.2) is 21.5 Å². The summed E-state index contributed by atoms with van der Waals surface area (Å²) in [5.74, 6) is 0.676. The van der Waals surface area contributed by atoms with Gasteiger partial charge in [-0.25, -0.2) is 9.37 Å². The van der Waals surface area contributed by atoms with Crippen LogP contribution < -0.4 is 10.1 Å². The van der Waals surface area contributed by atoms with Crippen molar-refractivity contribution in [1.29, 1.82) is 0 Å². The number of nitrogens with zero attached hydrogens (tertiary/aromatic N) is 3. The number of ether oxygens (including phenoxy) is 1. The summed E-state index contributed by atoms with van der Waals surface area (Å²) in [7, 11) is 0. The normalized spacial score (nSPS) is 20.9. The average molecular weight is 507 g/mol. The second-order valence-electron chi connectivity index (χ2n) is 10.6. The molecule has 2 unspecified atom stereocenters. The molecule has 0 aliphatic heterocycles. The summed E-state index contributed by atoms with van der Waals surface area (Å²) in [4.78, 5) is 15.9. The lowest BCUT2D eigenvalue weighted by Gasteiger charge is -2.33. The van der Waals surface area contributed by atoms with Crippen LogP contribution in [0, 0.1) is 22.6 Å². The third kappa shape index (κ3) is 5.96. The van der Waals surface area contributed by atoms with Gasteiger partial charge in [0.2, 0.25) is 5.95 Å². The molecule has 1 saturated carbocycles. The van der Waals surface area contributed by atoms with E-state index >= 15 is 4.39 Å². The molecule has 0 radical (unpaired) electrons. The molecular formula is C26H30F4N4O2. The molecule has 0 spiro atoms. The van der Waals surface area contributed by atoms with Crippen molar-refractivity contribution in [2.75, 3.05) is 5.32 Å². The second kappa shape index (κ2) is 9.71. The molecule has 3 aromatic rings. The molecule has 0 saturated heterocycles. The van der Waals surface area contributed by atoms with Gasteiger partial charge in [-0.1, -0.05) is 19.0 Å². The fraction of sp³-hybridized carbons (Fsp3) is 0.500. The number of halogens is 4. The summed E-state index contributed by atoms with van der Waals surface area (Å²) in [5, 5.41) is 6.30. The van der Waals surface area contributed by atoms with E-state index in [0.717, 1.165) is 19.3 Å². The molecule has 1 aromatic heterocycles. The van der Waals surface area contributed by atoms with Gasteiger partial charge in [0.25, 0.3) is 0 Å². The number of anilines is 2.